The van der Waals surface area contributed by atoms with Crippen molar-refractivity contribution in [2.24, 2.45) is 0 Å². The molecule has 1 heterocycles. The van der Waals surface area contributed by atoms with Crippen molar-refractivity contribution in [1.29, 1.82) is 0 Å². The normalized spacial score (nSPS) is 11.5. The second-order valence-electron chi connectivity index (χ2n) is 5.07. The molecule has 21 heavy (non-hydrogen) atoms. The number of aryl methyl sites for hydroxylation is 3. The first kappa shape index (κ1) is 15.7. The quantitative estimate of drug-likeness (QED) is 0.835. The maximum Gasteiger partial charge on any atom is 0.240 e. The van der Waals surface area contributed by atoms with Gasteiger partial charge in [0.05, 0.1) is 4.90 Å². The van der Waals surface area contributed by atoms with Crippen molar-refractivity contribution in [3.05, 3.63) is 59.4 Å². The number of nitrogens with zero attached hydrogens (tertiary/aromatic N) is 1. The van der Waals surface area contributed by atoms with Crippen molar-refractivity contribution >= 4 is 10.0 Å². The van der Waals surface area contributed by atoms with Crippen molar-refractivity contribution in [3.63, 3.8) is 0 Å². The van der Waals surface area contributed by atoms with Gasteiger partial charge in [-0.2, -0.15) is 0 Å². The second kappa shape index (κ2) is 6.83. The molecule has 1 aromatic carbocycles. The Kier molecular flexibility index (Phi) is 5.09. The molecule has 5 heteroatoms. The fourth-order valence-corrected chi connectivity index (χ4v) is 3.15. The lowest BCUT2D eigenvalue weighted by molar-refractivity contribution is 0.578. The van der Waals surface area contributed by atoms with Crippen LogP contribution < -0.4 is 4.72 Å². The molecular formula is C16H20N2O2S. The Morgan fingerprint density at radius 3 is 2.57 bits per heavy atom. The van der Waals surface area contributed by atoms with Gasteiger partial charge in [0.2, 0.25) is 10.0 Å². The van der Waals surface area contributed by atoms with Gasteiger partial charge < -0.3 is 0 Å². The summed E-state index contributed by atoms with van der Waals surface area (Å²) in [4.78, 5) is 4.54. The maximum atomic E-state index is 12.2. The minimum Gasteiger partial charge on any atom is -0.261 e. The molecule has 112 valence electrons. The highest BCUT2D eigenvalue weighted by Gasteiger charge is 2.13. The summed E-state index contributed by atoms with van der Waals surface area (Å²) in [6.45, 7) is 4.28. The number of benzene rings is 1. The summed E-state index contributed by atoms with van der Waals surface area (Å²) in [5, 5.41) is 0. The van der Waals surface area contributed by atoms with Crippen molar-refractivity contribution in [2.75, 3.05) is 6.54 Å². The van der Waals surface area contributed by atoms with Gasteiger partial charge in [-0.1, -0.05) is 12.1 Å². The van der Waals surface area contributed by atoms with Crippen LogP contribution in [0.1, 0.15) is 23.2 Å². The zero-order valence-electron chi connectivity index (χ0n) is 12.3. The number of sulfonamides is 1. The fraction of sp³-hybridized carbons (Fsp3) is 0.312. The molecule has 0 radical (unpaired) electrons. The topological polar surface area (TPSA) is 59.1 Å². The third-order valence-electron chi connectivity index (χ3n) is 3.42. The summed E-state index contributed by atoms with van der Waals surface area (Å²) in [7, 11) is -3.42. The van der Waals surface area contributed by atoms with Gasteiger partial charge in [-0.25, -0.2) is 13.1 Å². The molecule has 0 spiro atoms. The minimum atomic E-state index is -3.42. The molecule has 1 aromatic heterocycles. The van der Waals surface area contributed by atoms with E-state index in [0.29, 0.717) is 11.4 Å². The molecule has 0 unspecified atom stereocenters. The molecule has 0 aliphatic carbocycles. The minimum absolute atomic E-state index is 0.323. The molecule has 0 aliphatic heterocycles. The summed E-state index contributed by atoms with van der Waals surface area (Å²) in [5.74, 6) is 0. The van der Waals surface area contributed by atoms with Crippen LogP contribution in [0.5, 0.6) is 0 Å². The Balaban J connectivity index is 1.91. The molecule has 0 aliphatic rings. The number of nitrogens with one attached hydrogen (secondary N) is 1. The molecule has 2 aromatic rings. The number of hydrogen-bond donors (Lipinski definition) is 1. The monoisotopic (exact) mass is 304 g/mol. The lowest BCUT2D eigenvalue weighted by atomic mass is 10.1. The zero-order valence-corrected chi connectivity index (χ0v) is 13.2. The van der Waals surface area contributed by atoms with Gasteiger partial charge in [-0.3, -0.25) is 4.98 Å². The van der Waals surface area contributed by atoms with E-state index in [4.69, 9.17) is 0 Å². The molecular weight excluding hydrogens is 284 g/mol. The predicted molar refractivity (Wildman–Crippen MR) is 83.7 cm³/mol. The average Bonchev–Trinajstić information content (AvgIpc) is 2.47. The van der Waals surface area contributed by atoms with Gasteiger partial charge in [0.15, 0.2) is 0 Å². The average molecular weight is 304 g/mol. The highest BCUT2D eigenvalue weighted by atomic mass is 32.2. The lowest BCUT2D eigenvalue weighted by Gasteiger charge is -2.08. The van der Waals surface area contributed by atoms with E-state index in [1.165, 1.54) is 0 Å². The van der Waals surface area contributed by atoms with Crippen LogP contribution in [0.15, 0.2) is 47.5 Å². The third kappa shape index (κ3) is 4.37. The maximum absolute atomic E-state index is 12.2. The van der Waals surface area contributed by atoms with Crippen LogP contribution in [0.2, 0.25) is 0 Å². The van der Waals surface area contributed by atoms with Crippen LogP contribution >= 0.6 is 0 Å². The van der Waals surface area contributed by atoms with E-state index in [-0.39, 0.29) is 0 Å². The van der Waals surface area contributed by atoms with E-state index < -0.39 is 10.0 Å². The van der Waals surface area contributed by atoms with E-state index >= 15 is 0 Å². The summed E-state index contributed by atoms with van der Waals surface area (Å²) < 4.78 is 27.0. The number of pyridine rings is 1. The number of aromatic nitrogens is 1. The van der Waals surface area contributed by atoms with Gasteiger partial charge in [-0.05, 0) is 62.1 Å². The summed E-state index contributed by atoms with van der Waals surface area (Å²) in [6, 6.07) is 10.9. The SMILES string of the molecule is Cc1ccc(S(=O)(=O)NCCCc2ccccn2)cc1C. The van der Waals surface area contributed by atoms with E-state index in [0.717, 1.165) is 29.7 Å². The largest absolute Gasteiger partial charge is 0.261 e. The van der Waals surface area contributed by atoms with E-state index in [9.17, 15) is 8.42 Å². The van der Waals surface area contributed by atoms with Gasteiger partial charge in [0.1, 0.15) is 0 Å². The van der Waals surface area contributed by atoms with Crippen LogP contribution in [0.3, 0.4) is 0 Å². The zero-order chi connectivity index (χ0) is 15.3. The second-order valence-corrected chi connectivity index (χ2v) is 6.84. The molecule has 0 amide bonds. The summed E-state index contributed by atoms with van der Waals surface area (Å²) in [5.41, 5.74) is 3.04. The molecule has 4 nitrogen and oxygen atoms in total. The molecule has 0 bridgehead atoms. The lowest BCUT2D eigenvalue weighted by Crippen LogP contribution is -2.25. The van der Waals surface area contributed by atoms with Gasteiger partial charge >= 0.3 is 0 Å². The van der Waals surface area contributed by atoms with Crippen LogP contribution in [0.4, 0.5) is 0 Å². The Morgan fingerprint density at radius 1 is 1.10 bits per heavy atom. The first-order valence-electron chi connectivity index (χ1n) is 6.96. The first-order valence-corrected chi connectivity index (χ1v) is 8.44. The van der Waals surface area contributed by atoms with E-state index in [1.54, 1.807) is 18.3 Å². The smallest absolute Gasteiger partial charge is 0.240 e. The number of hydrogen-bond acceptors (Lipinski definition) is 3. The Morgan fingerprint density at radius 2 is 1.90 bits per heavy atom. The summed E-state index contributed by atoms with van der Waals surface area (Å²) in [6.07, 6.45) is 3.23. The molecule has 0 saturated heterocycles. The van der Waals surface area contributed by atoms with Crippen molar-refractivity contribution in [3.8, 4) is 0 Å². The van der Waals surface area contributed by atoms with E-state index in [2.05, 4.69) is 9.71 Å². The molecule has 1 N–H and O–H groups in total. The van der Waals surface area contributed by atoms with Gasteiger partial charge in [0.25, 0.3) is 0 Å². The first-order chi connectivity index (χ1) is 9.99. The molecule has 2 rings (SSSR count). The summed E-state index contributed by atoms with van der Waals surface area (Å²) >= 11 is 0. The molecule has 0 atom stereocenters. The van der Waals surface area contributed by atoms with Crippen LogP contribution in [0, 0.1) is 13.8 Å². The number of rotatable bonds is 6. The Bertz CT molecular complexity index is 697. The van der Waals surface area contributed by atoms with Crippen molar-refractivity contribution in [1.82, 2.24) is 9.71 Å². The highest BCUT2D eigenvalue weighted by Crippen LogP contribution is 2.14. The van der Waals surface area contributed by atoms with Crippen molar-refractivity contribution < 1.29 is 8.42 Å². The fourth-order valence-electron chi connectivity index (χ4n) is 1.99. The third-order valence-corrected chi connectivity index (χ3v) is 4.88. The van der Waals surface area contributed by atoms with Gasteiger partial charge in [0, 0.05) is 18.4 Å². The van der Waals surface area contributed by atoms with E-state index in [1.807, 2.05) is 38.1 Å². The highest BCUT2D eigenvalue weighted by molar-refractivity contribution is 7.89. The van der Waals surface area contributed by atoms with Crippen LogP contribution in [0.25, 0.3) is 0 Å². The predicted octanol–water partition coefficient (Wildman–Crippen LogP) is 2.61. The molecule has 0 fully saturated rings. The molecule has 0 saturated carbocycles. The van der Waals surface area contributed by atoms with Crippen LogP contribution in [-0.2, 0) is 16.4 Å². The van der Waals surface area contributed by atoms with Crippen molar-refractivity contribution in [2.45, 2.75) is 31.6 Å². The van der Waals surface area contributed by atoms with Crippen LogP contribution in [-0.4, -0.2) is 19.9 Å². The Hall–Kier alpha value is -1.72. The Labute approximate surface area is 126 Å². The van der Waals surface area contributed by atoms with Gasteiger partial charge in [-0.15, -0.1) is 0 Å². The standard InChI is InChI=1S/C16H20N2O2S/c1-13-8-9-16(12-14(13)2)21(19,20)18-11-5-7-15-6-3-4-10-17-15/h3-4,6,8-10,12,18H,5,7,11H2,1-2H3.